The van der Waals surface area contributed by atoms with E-state index in [1.165, 1.54) is 12.1 Å². The molecule has 0 radical (unpaired) electrons. The number of benzene rings is 2. The minimum Gasteiger partial charge on any atom is -0.481 e. The van der Waals surface area contributed by atoms with Crippen molar-refractivity contribution in [3.8, 4) is 0 Å². The fourth-order valence-corrected chi connectivity index (χ4v) is 3.27. The Morgan fingerprint density at radius 1 is 1.23 bits per heavy atom. The van der Waals surface area contributed by atoms with Crippen molar-refractivity contribution >= 4 is 28.3 Å². The minimum atomic E-state index is -1.08. The minimum absolute atomic E-state index is 0.0357. The summed E-state index contributed by atoms with van der Waals surface area (Å²) >= 11 is 0. The van der Waals surface area contributed by atoms with E-state index in [-0.39, 0.29) is 24.1 Å². The fraction of sp³-hybridized carbons (Fsp3) is 0.217. The van der Waals surface area contributed by atoms with Crippen LogP contribution in [0.15, 0.2) is 59.4 Å². The Morgan fingerprint density at radius 2 is 1.97 bits per heavy atom. The number of carbonyl (C=O) groups excluding carboxylic acids is 1. The van der Waals surface area contributed by atoms with Crippen LogP contribution in [0.1, 0.15) is 31.0 Å². The normalized spacial score (nSPS) is 12.2. The number of aliphatic carboxylic acids is 1. The molecule has 160 valence electrons. The Kier molecular flexibility index (Phi) is 6.92. The number of carbonyl (C=O) groups is 2. The van der Waals surface area contributed by atoms with Crippen LogP contribution in [0.5, 0.6) is 0 Å². The topological polar surface area (TPSA) is 112 Å². The van der Waals surface area contributed by atoms with Crippen molar-refractivity contribution in [1.82, 2.24) is 10.2 Å². The van der Waals surface area contributed by atoms with E-state index in [9.17, 15) is 23.9 Å². The molecule has 31 heavy (non-hydrogen) atoms. The number of aromatic nitrogens is 2. The average molecular weight is 423 g/mol. The third-order valence-corrected chi connectivity index (χ3v) is 4.89. The second-order valence-corrected chi connectivity index (χ2v) is 7.13. The van der Waals surface area contributed by atoms with E-state index in [1.807, 2.05) is 0 Å². The number of rotatable bonds is 8. The molecule has 8 heteroatoms. The first kappa shape index (κ1) is 21.9. The lowest BCUT2D eigenvalue weighted by atomic mass is 10.0. The molecule has 3 rings (SSSR count). The lowest BCUT2D eigenvalue weighted by Crippen LogP contribution is -2.22. The molecule has 1 aromatic heterocycles. The molecule has 7 nitrogen and oxygen atoms in total. The monoisotopic (exact) mass is 423 g/mol. The molecule has 0 saturated heterocycles. The van der Waals surface area contributed by atoms with Crippen molar-refractivity contribution in [1.29, 1.82) is 0 Å². The summed E-state index contributed by atoms with van der Waals surface area (Å²) in [6.07, 6.45) is 3.64. The van der Waals surface area contributed by atoms with Gasteiger partial charge in [0.15, 0.2) is 0 Å². The first-order valence-electron chi connectivity index (χ1n) is 9.77. The van der Waals surface area contributed by atoms with Gasteiger partial charge >= 0.3 is 5.97 Å². The van der Waals surface area contributed by atoms with Crippen LogP contribution in [0.25, 0.3) is 10.8 Å². The highest BCUT2D eigenvalue weighted by molar-refractivity contribution is 5.93. The lowest BCUT2D eigenvalue weighted by molar-refractivity contribution is -0.143. The average Bonchev–Trinajstić information content (AvgIpc) is 2.75. The zero-order valence-electron chi connectivity index (χ0n) is 16.9. The van der Waals surface area contributed by atoms with Crippen LogP contribution in [-0.2, 0) is 16.0 Å². The van der Waals surface area contributed by atoms with Crippen molar-refractivity contribution < 1.29 is 19.1 Å². The molecule has 0 bridgehead atoms. The van der Waals surface area contributed by atoms with Gasteiger partial charge in [0.05, 0.1) is 22.7 Å². The van der Waals surface area contributed by atoms with Crippen LogP contribution in [0.2, 0.25) is 0 Å². The maximum absolute atomic E-state index is 14.3. The Labute approximate surface area is 177 Å². The van der Waals surface area contributed by atoms with Crippen LogP contribution >= 0.6 is 0 Å². The molecule has 0 fully saturated rings. The Morgan fingerprint density at radius 3 is 2.68 bits per heavy atom. The van der Waals surface area contributed by atoms with Gasteiger partial charge in [-0.25, -0.2) is 9.49 Å². The number of allylic oxidation sites excluding steroid dienone is 2. The van der Waals surface area contributed by atoms with E-state index >= 15 is 0 Å². The molecule has 3 aromatic rings. The number of hydrogen-bond donors (Lipinski definition) is 3. The molecular weight excluding hydrogens is 401 g/mol. The third kappa shape index (κ3) is 5.42. The number of carboxylic acids is 1. The molecule has 1 unspecified atom stereocenters. The highest BCUT2D eigenvalue weighted by Gasteiger charge is 2.21. The molecule has 0 aliphatic rings. The summed E-state index contributed by atoms with van der Waals surface area (Å²) in [4.78, 5) is 35.6. The SMILES string of the molecule is C/C=C/CC(CC(=O)Nc1cc(Cc2n[nH]c(=O)c3ccccc23)ccc1F)C(=O)O. The van der Waals surface area contributed by atoms with E-state index in [1.54, 1.807) is 49.4 Å². The molecular formula is C23H22FN3O4. The van der Waals surface area contributed by atoms with E-state index < -0.39 is 23.6 Å². The van der Waals surface area contributed by atoms with E-state index in [4.69, 9.17) is 0 Å². The van der Waals surface area contributed by atoms with Gasteiger partial charge in [-0.05, 0) is 37.1 Å². The van der Waals surface area contributed by atoms with Gasteiger partial charge in [-0.1, -0.05) is 36.4 Å². The number of aromatic amines is 1. The van der Waals surface area contributed by atoms with Gasteiger partial charge in [0.1, 0.15) is 5.82 Å². The third-order valence-electron chi connectivity index (χ3n) is 4.89. The van der Waals surface area contributed by atoms with Crippen LogP contribution in [0, 0.1) is 11.7 Å². The first-order chi connectivity index (χ1) is 14.9. The smallest absolute Gasteiger partial charge is 0.307 e. The van der Waals surface area contributed by atoms with E-state index in [0.29, 0.717) is 28.5 Å². The van der Waals surface area contributed by atoms with Crippen molar-refractivity contribution in [3.05, 3.63) is 82.0 Å². The van der Waals surface area contributed by atoms with Gasteiger partial charge in [-0.2, -0.15) is 5.10 Å². The van der Waals surface area contributed by atoms with Crippen molar-refractivity contribution in [2.24, 2.45) is 5.92 Å². The predicted octanol–water partition coefficient (Wildman–Crippen LogP) is 3.65. The van der Waals surface area contributed by atoms with Gasteiger partial charge in [-0.3, -0.25) is 14.4 Å². The highest BCUT2D eigenvalue weighted by atomic mass is 19.1. The number of anilines is 1. The largest absolute Gasteiger partial charge is 0.481 e. The highest BCUT2D eigenvalue weighted by Crippen LogP contribution is 2.22. The van der Waals surface area contributed by atoms with Crippen LogP contribution < -0.4 is 10.9 Å². The Hall–Kier alpha value is -3.81. The molecule has 1 amide bonds. The van der Waals surface area contributed by atoms with Crippen LogP contribution in [0.4, 0.5) is 10.1 Å². The van der Waals surface area contributed by atoms with Gasteiger partial charge in [-0.15, -0.1) is 0 Å². The van der Waals surface area contributed by atoms with Crippen molar-refractivity contribution in [2.45, 2.75) is 26.2 Å². The molecule has 0 aliphatic carbocycles. The number of nitrogens with zero attached hydrogens (tertiary/aromatic N) is 1. The predicted molar refractivity (Wildman–Crippen MR) is 115 cm³/mol. The molecule has 0 saturated carbocycles. The lowest BCUT2D eigenvalue weighted by Gasteiger charge is -2.12. The summed E-state index contributed by atoms with van der Waals surface area (Å²) in [5.41, 5.74) is 0.949. The molecule has 1 heterocycles. The maximum Gasteiger partial charge on any atom is 0.307 e. The van der Waals surface area contributed by atoms with Gasteiger partial charge < -0.3 is 10.4 Å². The second kappa shape index (κ2) is 9.80. The fourth-order valence-electron chi connectivity index (χ4n) is 3.27. The summed E-state index contributed by atoms with van der Waals surface area (Å²) in [6, 6.07) is 11.3. The Balaban J connectivity index is 1.80. The number of hydrogen-bond acceptors (Lipinski definition) is 4. The molecule has 3 N–H and O–H groups in total. The number of halogens is 1. The summed E-state index contributed by atoms with van der Waals surface area (Å²) in [7, 11) is 0. The van der Waals surface area contributed by atoms with E-state index in [0.717, 1.165) is 0 Å². The summed E-state index contributed by atoms with van der Waals surface area (Å²) in [5, 5.41) is 19.5. The number of amides is 1. The van der Waals surface area contributed by atoms with Crippen molar-refractivity contribution in [3.63, 3.8) is 0 Å². The number of nitrogens with one attached hydrogen (secondary N) is 2. The molecule has 0 aliphatic heterocycles. The maximum atomic E-state index is 14.3. The second-order valence-electron chi connectivity index (χ2n) is 7.13. The zero-order chi connectivity index (χ0) is 22.4. The van der Waals surface area contributed by atoms with Crippen molar-refractivity contribution in [2.75, 3.05) is 5.32 Å². The zero-order valence-corrected chi connectivity index (χ0v) is 16.9. The van der Waals surface area contributed by atoms with Gasteiger partial charge in [0.25, 0.3) is 5.56 Å². The molecule has 0 spiro atoms. The van der Waals surface area contributed by atoms with Crippen LogP contribution in [-0.4, -0.2) is 27.2 Å². The summed E-state index contributed by atoms with van der Waals surface area (Å²) < 4.78 is 14.3. The summed E-state index contributed by atoms with van der Waals surface area (Å²) in [5.74, 6) is -3.19. The number of carboxylic acid groups (broad SMARTS) is 1. The van der Waals surface area contributed by atoms with E-state index in [2.05, 4.69) is 15.5 Å². The quantitative estimate of drug-likeness (QED) is 0.479. The van der Waals surface area contributed by atoms with Gasteiger partial charge in [0.2, 0.25) is 5.91 Å². The molecule has 2 aromatic carbocycles. The van der Waals surface area contributed by atoms with Gasteiger partial charge in [0, 0.05) is 18.2 Å². The Bertz CT molecular complexity index is 1200. The molecule has 1 atom stereocenters. The van der Waals surface area contributed by atoms with Crippen LogP contribution in [0.3, 0.4) is 0 Å². The number of H-pyrrole nitrogens is 1. The number of fused-ring (bicyclic) bond motifs is 1. The first-order valence-corrected chi connectivity index (χ1v) is 9.77. The standard InChI is InChI=1S/C23H22FN3O4/c1-2-3-6-15(23(30)31)13-21(28)25-20-12-14(9-10-18(20)24)11-19-16-7-4-5-8-17(16)22(29)27-26-19/h2-5,7-10,12,15H,6,11,13H2,1H3,(H,25,28)(H,27,29)(H,30,31)/b3-2+. The summed E-state index contributed by atoms with van der Waals surface area (Å²) in [6.45, 7) is 1.76.